The molecule has 0 radical (unpaired) electrons. The number of allylic oxidation sites excluding steroid dienone is 1. The van der Waals surface area contributed by atoms with Gasteiger partial charge in [-0.25, -0.2) is 4.39 Å². The molecule has 3 nitrogen and oxygen atoms in total. The van der Waals surface area contributed by atoms with Gasteiger partial charge in [0.05, 0.1) is 18.3 Å². The maximum Gasteiger partial charge on any atom is 0.134 e. The Bertz CT molecular complexity index is 899. The number of rotatable bonds is 5. The number of ether oxygens (including phenoxy) is 1. The van der Waals surface area contributed by atoms with Crippen molar-refractivity contribution >= 4 is 23.2 Å². The zero-order valence-corrected chi connectivity index (χ0v) is 16.7. The Labute approximate surface area is 161 Å². The van der Waals surface area contributed by atoms with Crippen LogP contribution in [0.1, 0.15) is 45.2 Å². The van der Waals surface area contributed by atoms with Crippen LogP contribution < -0.4 is 9.64 Å². The van der Waals surface area contributed by atoms with Crippen molar-refractivity contribution in [2.45, 2.75) is 39.7 Å². The SMILES string of the molecule is CCCN1c2cc(F)c(C=Nc3cccc(OC)c3)cc2C(C)=CC1(C)C. The molecule has 0 unspecified atom stereocenters. The fraction of sp³-hybridized carbons (Fsp3) is 0.348. The van der Waals surface area contributed by atoms with Crippen molar-refractivity contribution in [1.29, 1.82) is 0 Å². The van der Waals surface area contributed by atoms with E-state index in [1.807, 2.05) is 30.3 Å². The Morgan fingerprint density at radius 2 is 2.00 bits per heavy atom. The van der Waals surface area contributed by atoms with Crippen LogP contribution in [0.2, 0.25) is 0 Å². The van der Waals surface area contributed by atoms with Gasteiger partial charge in [-0.1, -0.05) is 19.1 Å². The highest BCUT2D eigenvalue weighted by Crippen LogP contribution is 2.40. The first-order chi connectivity index (χ1) is 12.9. The molecule has 4 heteroatoms. The maximum atomic E-state index is 14.9. The smallest absolute Gasteiger partial charge is 0.134 e. The summed E-state index contributed by atoms with van der Waals surface area (Å²) in [5.74, 6) is 0.471. The third-order valence-corrected chi connectivity index (χ3v) is 4.95. The summed E-state index contributed by atoms with van der Waals surface area (Å²) >= 11 is 0. The van der Waals surface area contributed by atoms with Gasteiger partial charge in [-0.2, -0.15) is 0 Å². The zero-order chi connectivity index (χ0) is 19.6. The number of anilines is 1. The molecule has 0 aromatic heterocycles. The van der Waals surface area contributed by atoms with Crippen molar-refractivity contribution < 1.29 is 9.13 Å². The predicted molar refractivity (Wildman–Crippen MR) is 112 cm³/mol. The van der Waals surface area contributed by atoms with E-state index in [0.717, 1.165) is 35.7 Å². The third-order valence-electron chi connectivity index (χ3n) is 4.95. The zero-order valence-electron chi connectivity index (χ0n) is 16.7. The molecule has 0 N–H and O–H groups in total. The highest BCUT2D eigenvalue weighted by molar-refractivity contribution is 5.89. The molecule has 0 amide bonds. The van der Waals surface area contributed by atoms with E-state index in [2.05, 4.69) is 43.7 Å². The van der Waals surface area contributed by atoms with Crippen LogP contribution in [-0.2, 0) is 0 Å². The van der Waals surface area contributed by atoms with Gasteiger partial charge in [-0.3, -0.25) is 4.99 Å². The van der Waals surface area contributed by atoms with E-state index in [4.69, 9.17) is 4.74 Å². The molecule has 1 aliphatic heterocycles. The van der Waals surface area contributed by atoms with E-state index in [-0.39, 0.29) is 11.4 Å². The molecule has 1 heterocycles. The fourth-order valence-corrected chi connectivity index (χ4v) is 3.68. The predicted octanol–water partition coefficient (Wildman–Crippen LogP) is 6.00. The number of nitrogens with zero attached hydrogens (tertiary/aromatic N) is 2. The van der Waals surface area contributed by atoms with Crippen molar-refractivity contribution in [3.63, 3.8) is 0 Å². The van der Waals surface area contributed by atoms with Gasteiger partial charge in [-0.05, 0) is 57.0 Å². The molecule has 2 aromatic carbocycles. The molecular formula is C23H27FN2O. The summed E-state index contributed by atoms with van der Waals surface area (Å²) in [5.41, 5.74) is 4.27. The molecule has 142 valence electrons. The minimum atomic E-state index is -0.257. The highest BCUT2D eigenvalue weighted by Gasteiger charge is 2.31. The Kier molecular flexibility index (Phi) is 5.36. The van der Waals surface area contributed by atoms with Crippen LogP contribution in [0, 0.1) is 5.82 Å². The van der Waals surface area contributed by atoms with Crippen molar-refractivity contribution in [3.05, 3.63) is 59.4 Å². The van der Waals surface area contributed by atoms with Gasteiger partial charge in [0.2, 0.25) is 0 Å². The van der Waals surface area contributed by atoms with Crippen molar-refractivity contribution in [3.8, 4) is 5.75 Å². The van der Waals surface area contributed by atoms with Gasteiger partial charge in [0.15, 0.2) is 0 Å². The first kappa shape index (κ1) is 19.2. The molecule has 0 spiro atoms. The lowest BCUT2D eigenvalue weighted by Gasteiger charge is -2.43. The first-order valence-corrected chi connectivity index (χ1v) is 9.35. The molecule has 0 saturated carbocycles. The first-order valence-electron chi connectivity index (χ1n) is 9.35. The monoisotopic (exact) mass is 366 g/mol. The summed E-state index contributed by atoms with van der Waals surface area (Å²) in [7, 11) is 1.62. The Hall–Kier alpha value is -2.62. The van der Waals surface area contributed by atoms with Gasteiger partial charge in [0.25, 0.3) is 0 Å². The summed E-state index contributed by atoms with van der Waals surface area (Å²) in [6.07, 6.45) is 4.85. The Morgan fingerprint density at radius 3 is 2.70 bits per heavy atom. The second-order valence-electron chi connectivity index (χ2n) is 7.48. The number of methoxy groups -OCH3 is 1. The number of hydrogen-bond donors (Lipinski definition) is 0. The molecule has 27 heavy (non-hydrogen) atoms. The Balaban J connectivity index is 2.00. The number of hydrogen-bond acceptors (Lipinski definition) is 3. The van der Waals surface area contributed by atoms with E-state index >= 15 is 0 Å². The molecule has 0 aliphatic carbocycles. The fourth-order valence-electron chi connectivity index (χ4n) is 3.68. The second kappa shape index (κ2) is 7.55. The highest BCUT2D eigenvalue weighted by atomic mass is 19.1. The van der Waals surface area contributed by atoms with Crippen LogP contribution in [0.25, 0.3) is 5.57 Å². The lowest BCUT2D eigenvalue weighted by molar-refractivity contribution is 0.415. The molecule has 3 rings (SSSR count). The van der Waals surface area contributed by atoms with E-state index in [1.54, 1.807) is 19.4 Å². The van der Waals surface area contributed by atoms with Crippen LogP contribution >= 0.6 is 0 Å². The van der Waals surface area contributed by atoms with E-state index in [1.165, 1.54) is 5.57 Å². The van der Waals surface area contributed by atoms with Gasteiger partial charge in [0.1, 0.15) is 11.6 Å². The second-order valence-corrected chi connectivity index (χ2v) is 7.48. The van der Waals surface area contributed by atoms with Crippen LogP contribution in [-0.4, -0.2) is 25.4 Å². The van der Waals surface area contributed by atoms with E-state index < -0.39 is 0 Å². The van der Waals surface area contributed by atoms with Crippen LogP contribution in [0.15, 0.2) is 47.5 Å². The largest absolute Gasteiger partial charge is 0.497 e. The average Bonchev–Trinajstić information content (AvgIpc) is 2.63. The van der Waals surface area contributed by atoms with Gasteiger partial charge < -0.3 is 9.64 Å². The maximum absolute atomic E-state index is 14.9. The van der Waals surface area contributed by atoms with E-state index in [0.29, 0.717) is 5.56 Å². The van der Waals surface area contributed by atoms with Crippen LogP contribution in [0.3, 0.4) is 0 Å². The molecular weight excluding hydrogens is 339 g/mol. The van der Waals surface area contributed by atoms with Crippen LogP contribution in [0.4, 0.5) is 15.8 Å². The standard InChI is InChI=1S/C23H27FN2O/c1-6-10-26-22-13-21(24)17(11-20(22)16(2)14-23(26,3)4)15-25-18-8-7-9-19(12-18)27-5/h7-9,11-15H,6,10H2,1-5H3. The lowest BCUT2D eigenvalue weighted by atomic mass is 9.87. The quantitative estimate of drug-likeness (QED) is 0.607. The van der Waals surface area contributed by atoms with Gasteiger partial charge in [-0.15, -0.1) is 0 Å². The normalized spacial score (nSPS) is 15.6. The van der Waals surface area contributed by atoms with Gasteiger partial charge >= 0.3 is 0 Å². The summed E-state index contributed by atoms with van der Waals surface area (Å²) in [4.78, 5) is 6.70. The number of halogens is 1. The minimum absolute atomic E-state index is 0.129. The molecule has 0 atom stereocenters. The molecule has 0 bridgehead atoms. The minimum Gasteiger partial charge on any atom is -0.497 e. The summed E-state index contributed by atoms with van der Waals surface area (Å²) in [5, 5.41) is 0. The van der Waals surface area contributed by atoms with Crippen LogP contribution in [0.5, 0.6) is 5.75 Å². The van der Waals surface area contributed by atoms with Gasteiger partial charge in [0, 0.05) is 35.6 Å². The molecule has 0 fully saturated rings. The van der Waals surface area contributed by atoms with Crippen molar-refractivity contribution in [2.24, 2.45) is 4.99 Å². The van der Waals surface area contributed by atoms with Crippen molar-refractivity contribution in [2.75, 3.05) is 18.6 Å². The van der Waals surface area contributed by atoms with E-state index in [9.17, 15) is 4.39 Å². The number of aliphatic imine (C=N–C) groups is 1. The summed E-state index contributed by atoms with van der Waals surface area (Å²) in [6, 6.07) is 11.0. The third kappa shape index (κ3) is 3.90. The molecule has 0 saturated heterocycles. The summed E-state index contributed by atoms with van der Waals surface area (Å²) in [6.45, 7) is 9.47. The number of fused-ring (bicyclic) bond motifs is 1. The number of benzene rings is 2. The molecule has 1 aliphatic rings. The average molecular weight is 366 g/mol. The topological polar surface area (TPSA) is 24.8 Å². The lowest BCUT2D eigenvalue weighted by Crippen LogP contribution is -2.45. The summed E-state index contributed by atoms with van der Waals surface area (Å²) < 4.78 is 20.1. The molecule has 2 aromatic rings. The van der Waals surface area contributed by atoms with Crippen molar-refractivity contribution in [1.82, 2.24) is 0 Å². The Morgan fingerprint density at radius 1 is 1.22 bits per heavy atom.